The lowest BCUT2D eigenvalue weighted by atomic mass is 10.1. The average Bonchev–Trinajstić information content (AvgIpc) is 3.66. The number of carbonyl (C=O) groups excluding carboxylic acids is 3. The van der Waals surface area contributed by atoms with E-state index in [1.54, 1.807) is 31.3 Å². The lowest BCUT2D eigenvalue weighted by molar-refractivity contribution is -0.130. The molecular formula is C26H23FN2O4. The molecular weight excluding hydrogens is 423 g/mol. The zero-order valence-corrected chi connectivity index (χ0v) is 18.0. The Balaban J connectivity index is 1.60. The van der Waals surface area contributed by atoms with Gasteiger partial charge in [-0.25, -0.2) is 9.18 Å². The fourth-order valence-electron chi connectivity index (χ4n) is 3.38. The minimum Gasteiger partial charge on any atom is -0.444 e. The Hall–Kier alpha value is -4.00. The molecule has 1 atom stereocenters. The second kappa shape index (κ2) is 9.65. The first-order chi connectivity index (χ1) is 15.9. The summed E-state index contributed by atoms with van der Waals surface area (Å²) in [6.07, 6.45) is 0.450. The van der Waals surface area contributed by atoms with Crippen LogP contribution in [0.15, 0.2) is 78.9 Å². The van der Waals surface area contributed by atoms with Crippen LogP contribution in [0.5, 0.6) is 0 Å². The van der Waals surface area contributed by atoms with Crippen LogP contribution in [0.3, 0.4) is 0 Å². The topological polar surface area (TPSA) is 75.7 Å². The van der Waals surface area contributed by atoms with Crippen molar-refractivity contribution in [3.05, 3.63) is 101 Å². The highest BCUT2D eigenvalue weighted by atomic mass is 19.1. The number of carbonyl (C=O) groups is 3. The molecule has 0 heterocycles. The van der Waals surface area contributed by atoms with Crippen molar-refractivity contribution in [3.8, 4) is 0 Å². The molecule has 1 aliphatic rings. The lowest BCUT2D eigenvalue weighted by Crippen LogP contribution is -2.34. The molecule has 1 N–H and O–H groups in total. The number of hydrogen-bond acceptors (Lipinski definition) is 4. The van der Waals surface area contributed by atoms with Gasteiger partial charge in [0.05, 0.1) is 11.1 Å². The molecule has 1 saturated carbocycles. The van der Waals surface area contributed by atoms with Gasteiger partial charge in [0, 0.05) is 24.3 Å². The van der Waals surface area contributed by atoms with Gasteiger partial charge >= 0.3 is 5.97 Å². The predicted octanol–water partition coefficient (Wildman–Crippen LogP) is 4.28. The normalized spacial score (nSPS) is 13.6. The minimum absolute atomic E-state index is 0.0385. The maximum atomic E-state index is 13.4. The second-order valence-electron chi connectivity index (χ2n) is 7.87. The predicted molar refractivity (Wildman–Crippen MR) is 121 cm³/mol. The maximum absolute atomic E-state index is 13.4. The Labute approximate surface area is 191 Å². The van der Waals surface area contributed by atoms with E-state index in [1.165, 1.54) is 41.3 Å². The first kappa shape index (κ1) is 22.2. The van der Waals surface area contributed by atoms with Crippen molar-refractivity contribution in [2.75, 3.05) is 11.9 Å². The van der Waals surface area contributed by atoms with Crippen molar-refractivity contribution in [1.29, 1.82) is 0 Å². The van der Waals surface area contributed by atoms with Crippen LogP contribution in [-0.4, -0.2) is 30.9 Å². The summed E-state index contributed by atoms with van der Waals surface area (Å²) in [5.74, 6) is -2.16. The number of hydrogen-bond donors (Lipinski definition) is 1. The van der Waals surface area contributed by atoms with Crippen molar-refractivity contribution in [1.82, 2.24) is 5.32 Å². The van der Waals surface area contributed by atoms with Gasteiger partial charge in [0.1, 0.15) is 5.82 Å². The van der Waals surface area contributed by atoms with E-state index in [0.717, 1.165) is 12.8 Å². The van der Waals surface area contributed by atoms with E-state index < -0.39 is 29.7 Å². The zero-order valence-electron chi connectivity index (χ0n) is 18.0. The molecule has 1 unspecified atom stereocenters. The molecule has 0 aromatic heterocycles. The fourth-order valence-corrected chi connectivity index (χ4v) is 3.38. The van der Waals surface area contributed by atoms with Crippen LogP contribution in [0.4, 0.5) is 10.1 Å². The second-order valence-corrected chi connectivity index (χ2v) is 7.87. The van der Waals surface area contributed by atoms with E-state index in [1.807, 2.05) is 18.2 Å². The summed E-state index contributed by atoms with van der Waals surface area (Å²) in [4.78, 5) is 40.5. The standard InChI is InChI=1S/C26H23FN2O4/c1-29(20-7-3-2-4-8-20)25(31)21-9-5-6-10-22(21)26(32)33-23(24(30)28-19-15-16-19)17-11-13-18(27)14-12-17/h2-14,19,23H,15-16H2,1H3,(H,28,30). The van der Waals surface area contributed by atoms with E-state index in [4.69, 9.17) is 4.74 Å². The van der Waals surface area contributed by atoms with Gasteiger partial charge in [-0.2, -0.15) is 0 Å². The van der Waals surface area contributed by atoms with Gasteiger partial charge in [0.2, 0.25) is 6.10 Å². The van der Waals surface area contributed by atoms with E-state index in [-0.39, 0.29) is 17.2 Å². The van der Waals surface area contributed by atoms with E-state index in [2.05, 4.69) is 5.32 Å². The van der Waals surface area contributed by atoms with Crippen molar-refractivity contribution >= 4 is 23.5 Å². The molecule has 1 aliphatic carbocycles. The molecule has 3 aromatic carbocycles. The Morgan fingerprint density at radius 1 is 0.909 bits per heavy atom. The number of rotatable bonds is 7. The largest absolute Gasteiger partial charge is 0.444 e. The highest BCUT2D eigenvalue weighted by molar-refractivity contribution is 6.12. The van der Waals surface area contributed by atoms with Gasteiger partial charge in [-0.15, -0.1) is 0 Å². The molecule has 0 saturated heterocycles. The summed E-state index contributed by atoms with van der Waals surface area (Å²) in [7, 11) is 1.62. The number of nitrogens with zero attached hydrogens (tertiary/aromatic N) is 1. The molecule has 33 heavy (non-hydrogen) atoms. The minimum atomic E-state index is -1.27. The van der Waals surface area contributed by atoms with Crippen molar-refractivity contribution in [2.45, 2.75) is 25.0 Å². The monoisotopic (exact) mass is 446 g/mol. The smallest absolute Gasteiger partial charge is 0.340 e. The van der Waals surface area contributed by atoms with Gasteiger partial charge in [-0.05, 0) is 49.2 Å². The molecule has 0 spiro atoms. The molecule has 0 radical (unpaired) electrons. The number of halogens is 1. The highest BCUT2D eigenvalue weighted by Crippen LogP contribution is 2.26. The lowest BCUT2D eigenvalue weighted by Gasteiger charge is -2.21. The molecule has 4 rings (SSSR count). The van der Waals surface area contributed by atoms with Crippen LogP contribution >= 0.6 is 0 Å². The van der Waals surface area contributed by atoms with Crippen LogP contribution in [0.1, 0.15) is 45.2 Å². The summed E-state index contributed by atoms with van der Waals surface area (Å²) in [6.45, 7) is 0. The van der Waals surface area contributed by atoms with Gasteiger partial charge in [-0.3, -0.25) is 9.59 Å². The molecule has 0 bridgehead atoms. The third-order valence-electron chi connectivity index (χ3n) is 5.39. The van der Waals surface area contributed by atoms with E-state index >= 15 is 0 Å². The third kappa shape index (κ3) is 5.26. The molecule has 1 fully saturated rings. The summed E-state index contributed by atoms with van der Waals surface area (Å²) in [6, 6.07) is 20.6. The summed E-state index contributed by atoms with van der Waals surface area (Å²) in [5, 5.41) is 2.82. The Bertz CT molecular complexity index is 1160. The maximum Gasteiger partial charge on any atom is 0.340 e. The van der Waals surface area contributed by atoms with Crippen molar-refractivity contribution < 1.29 is 23.5 Å². The Morgan fingerprint density at radius 3 is 2.15 bits per heavy atom. The van der Waals surface area contributed by atoms with Crippen LogP contribution in [0.2, 0.25) is 0 Å². The van der Waals surface area contributed by atoms with Crippen molar-refractivity contribution in [3.63, 3.8) is 0 Å². The third-order valence-corrected chi connectivity index (χ3v) is 5.39. The quantitative estimate of drug-likeness (QED) is 0.550. The Kier molecular flexibility index (Phi) is 6.49. The van der Waals surface area contributed by atoms with Gasteiger partial charge in [0.25, 0.3) is 11.8 Å². The molecule has 6 nitrogen and oxygen atoms in total. The molecule has 168 valence electrons. The summed E-state index contributed by atoms with van der Waals surface area (Å²) in [5.41, 5.74) is 1.19. The zero-order chi connectivity index (χ0) is 23.4. The van der Waals surface area contributed by atoms with Crippen LogP contribution in [0.25, 0.3) is 0 Å². The number of nitrogens with one attached hydrogen (secondary N) is 1. The summed E-state index contributed by atoms with van der Waals surface area (Å²) >= 11 is 0. The number of ether oxygens (including phenoxy) is 1. The molecule has 2 amide bonds. The molecule has 7 heteroatoms. The summed E-state index contributed by atoms with van der Waals surface area (Å²) < 4.78 is 19.0. The Morgan fingerprint density at radius 2 is 1.52 bits per heavy atom. The van der Waals surface area contributed by atoms with Crippen LogP contribution in [0, 0.1) is 5.82 Å². The molecule has 0 aliphatic heterocycles. The van der Waals surface area contributed by atoms with Gasteiger partial charge in [0.15, 0.2) is 0 Å². The van der Waals surface area contributed by atoms with Crippen molar-refractivity contribution in [2.24, 2.45) is 0 Å². The van der Waals surface area contributed by atoms with Gasteiger partial charge < -0.3 is 15.0 Å². The number of benzene rings is 3. The average molecular weight is 446 g/mol. The van der Waals surface area contributed by atoms with Crippen LogP contribution in [-0.2, 0) is 9.53 Å². The van der Waals surface area contributed by atoms with E-state index in [0.29, 0.717) is 11.3 Å². The van der Waals surface area contributed by atoms with E-state index in [9.17, 15) is 18.8 Å². The highest BCUT2D eigenvalue weighted by Gasteiger charge is 2.32. The number of esters is 1. The number of para-hydroxylation sites is 1. The molecule has 3 aromatic rings. The number of anilines is 1. The van der Waals surface area contributed by atoms with Crippen LogP contribution < -0.4 is 10.2 Å². The number of amides is 2. The first-order valence-electron chi connectivity index (χ1n) is 10.6. The van der Waals surface area contributed by atoms with Gasteiger partial charge in [-0.1, -0.05) is 42.5 Å². The first-order valence-corrected chi connectivity index (χ1v) is 10.6. The fraction of sp³-hybridized carbons (Fsp3) is 0.192. The SMILES string of the molecule is CN(C(=O)c1ccccc1C(=O)OC(C(=O)NC1CC1)c1ccc(F)cc1)c1ccccc1.